The van der Waals surface area contributed by atoms with E-state index in [1.54, 1.807) is 6.07 Å². The van der Waals surface area contributed by atoms with Crippen molar-refractivity contribution in [3.63, 3.8) is 0 Å². The van der Waals surface area contributed by atoms with Gasteiger partial charge in [0.1, 0.15) is 12.1 Å². The van der Waals surface area contributed by atoms with E-state index in [4.69, 9.17) is 0 Å². The highest BCUT2D eigenvalue weighted by Crippen LogP contribution is 2.24. The van der Waals surface area contributed by atoms with Gasteiger partial charge in [-0.25, -0.2) is 15.0 Å². The number of hydrogen-bond acceptors (Lipinski definition) is 9. The van der Waals surface area contributed by atoms with Crippen molar-refractivity contribution in [2.24, 2.45) is 0 Å². The number of aromatic nitrogens is 7. The molecular formula is C11H7N7O2. The van der Waals surface area contributed by atoms with Gasteiger partial charge < -0.3 is 10.2 Å². The molecule has 3 aromatic heterocycles. The SMILES string of the molecule is Oc1cccnc1-c1nnc(-c2ncncc2O)nn1. The minimum Gasteiger partial charge on any atom is -0.506 e. The van der Waals surface area contributed by atoms with Crippen LogP contribution in [0.1, 0.15) is 0 Å². The Bertz CT molecular complexity index is 683. The molecule has 0 aliphatic carbocycles. The Morgan fingerprint density at radius 3 is 2.05 bits per heavy atom. The average Bonchev–Trinajstić information content (AvgIpc) is 2.49. The molecule has 0 atom stereocenters. The predicted octanol–water partition coefficient (Wildman–Crippen LogP) is 0.197. The zero-order chi connectivity index (χ0) is 13.9. The quantitative estimate of drug-likeness (QED) is 0.669. The smallest absolute Gasteiger partial charge is 0.225 e. The van der Waals surface area contributed by atoms with Gasteiger partial charge in [-0.05, 0) is 12.1 Å². The first-order chi connectivity index (χ1) is 9.75. The van der Waals surface area contributed by atoms with E-state index in [0.29, 0.717) is 0 Å². The molecule has 9 nitrogen and oxygen atoms in total. The number of pyridine rings is 1. The molecular weight excluding hydrogens is 262 g/mol. The Morgan fingerprint density at radius 1 is 0.800 bits per heavy atom. The van der Waals surface area contributed by atoms with Crippen molar-refractivity contribution in [3.8, 4) is 34.5 Å². The molecule has 0 aliphatic rings. The highest BCUT2D eigenvalue weighted by Gasteiger charge is 2.13. The average molecular weight is 269 g/mol. The van der Waals surface area contributed by atoms with Gasteiger partial charge in [0.15, 0.2) is 17.1 Å². The number of rotatable bonds is 2. The molecule has 0 saturated carbocycles. The molecule has 9 heteroatoms. The van der Waals surface area contributed by atoms with Crippen molar-refractivity contribution < 1.29 is 10.2 Å². The van der Waals surface area contributed by atoms with Crippen LogP contribution in [0.4, 0.5) is 0 Å². The van der Waals surface area contributed by atoms with E-state index in [2.05, 4.69) is 35.3 Å². The van der Waals surface area contributed by atoms with Crippen LogP contribution in [0.3, 0.4) is 0 Å². The molecule has 20 heavy (non-hydrogen) atoms. The van der Waals surface area contributed by atoms with Gasteiger partial charge in [-0.3, -0.25) is 0 Å². The van der Waals surface area contributed by atoms with Crippen LogP contribution in [0.25, 0.3) is 23.0 Å². The third kappa shape index (κ3) is 2.07. The van der Waals surface area contributed by atoms with Gasteiger partial charge in [-0.15, -0.1) is 20.4 Å². The Kier molecular flexibility index (Phi) is 2.84. The minimum atomic E-state index is -0.176. The van der Waals surface area contributed by atoms with Gasteiger partial charge >= 0.3 is 0 Å². The monoisotopic (exact) mass is 269 g/mol. The fourth-order valence-corrected chi connectivity index (χ4v) is 1.48. The summed E-state index contributed by atoms with van der Waals surface area (Å²) < 4.78 is 0. The Balaban J connectivity index is 2.01. The summed E-state index contributed by atoms with van der Waals surface area (Å²) in [6.45, 7) is 0. The highest BCUT2D eigenvalue weighted by molar-refractivity contribution is 5.59. The normalized spacial score (nSPS) is 10.4. The van der Waals surface area contributed by atoms with Gasteiger partial charge in [0.25, 0.3) is 0 Å². The maximum absolute atomic E-state index is 9.64. The molecule has 3 aromatic rings. The van der Waals surface area contributed by atoms with Crippen LogP contribution in [0, 0.1) is 0 Å². The Labute approximate surface area is 112 Å². The third-order valence-corrected chi connectivity index (χ3v) is 2.38. The number of hydrogen-bond donors (Lipinski definition) is 2. The van der Waals surface area contributed by atoms with E-state index >= 15 is 0 Å². The summed E-state index contributed by atoms with van der Waals surface area (Å²) in [5, 5.41) is 34.4. The van der Waals surface area contributed by atoms with Crippen LogP contribution in [0.15, 0.2) is 30.9 Å². The predicted molar refractivity (Wildman–Crippen MR) is 65.2 cm³/mol. The summed E-state index contributed by atoms with van der Waals surface area (Å²) in [6, 6.07) is 3.03. The van der Waals surface area contributed by atoms with E-state index in [1.807, 2.05) is 0 Å². The van der Waals surface area contributed by atoms with Crippen molar-refractivity contribution >= 4 is 0 Å². The van der Waals surface area contributed by atoms with Crippen LogP contribution in [0.2, 0.25) is 0 Å². The lowest BCUT2D eigenvalue weighted by Gasteiger charge is -2.02. The summed E-state index contributed by atoms with van der Waals surface area (Å²) in [5.74, 6) is -0.136. The maximum atomic E-state index is 9.64. The molecule has 0 aromatic carbocycles. The van der Waals surface area contributed by atoms with Crippen molar-refractivity contribution in [3.05, 3.63) is 30.9 Å². The van der Waals surface area contributed by atoms with E-state index in [-0.39, 0.29) is 34.5 Å². The van der Waals surface area contributed by atoms with Crippen LogP contribution in [-0.4, -0.2) is 45.6 Å². The molecule has 2 N–H and O–H groups in total. The first-order valence-corrected chi connectivity index (χ1v) is 5.47. The van der Waals surface area contributed by atoms with Crippen LogP contribution in [-0.2, 0) is 0 Å². The Hall–Kier alpha value is -3.23. The highest BCUT2D eigenvalue weighted by atomic mass is 16.3. The van der Waals surface area contributed by atoms with Gasteiger partial charge in [-0.1, -0.05) is 0 Å². The van der Waals surface area contributed by atoms with E-state index in [1.165, 1.54) is 24.8 Å². The molecule has 0 amide bonds. The summed E-state index contributed by atoms with van der Waals surface area (Å²) in [6.07, 6.45) is 3.95. The summed E-state index contributed by atoms with van der Waals surface area (Å²) in [5.41, 5.74) is 0.294. The summed E-state index contributed by atoms with van der Waals surface area (Å²) in [4.78, 5) is 11.4. The third-order valence-electron chi connectivity index (χ3n) is 2.38. The van der Waals surface area contributed by atoms with Crippen molar-refractivity contribution in [2.75, 3.05) is 0 Å². The molecule has 0 spiro atoms. The first kappa shape index (κ1) is 11.8. The van der Waals surface area contributed by atoms with Gasteiger partial charge in [0.2, 0.25) is 11.6 Å². The lowest BCUT2D eigenvalue weighted by Crippen LogP contribution is -2.01. The molecule has 0 unspecified atom stereocenters. The topological polar surface area (TPSA) is 131 Å². The van der Waals surface area contributed by atoms with Crippen molar-refractivity contribution in [2.45, 2.75) is 0 Å². The van der Waals surface area contributed by atoms with Gasteiger partial charge in [0, 0.05) is 6.20 Å². The number of nitrogens with zero attached hydrogens (tertiary/aromatic N) is 7. The van der Waals surface area contributed by atoms with Crippen LogP contribution >= 0.6 is 0 Å². The summed E-state index contributed by atoms with van der Waals surface area (Å²) >= 11 is 0. The molecule has 3 heterocycles. The standard InChI is InChI=1S/C11H7N7O2/c19-6-2-1-3-13-8(6)10-15-17-11(18-16-10)9-7(20)4-12-5-14-9/h1-5,19-20H. The molecule has 0 radical (unpaired) electrons. The van der Waals surface area contributed by atoms with Gasteiger partial charge in [-0.2, -0.15) is 0 Å². The van der Waals surface area contributed by atoms with Crippen LogP contribution in [0.5, 0.6) is 11.5 Å². The fraction of sp³-hybridized carbons (Fsp3) is 0. The molecule has 0 aliphatic heterocycles. The Morgan fingerprint density at radius 2 is 1.45 bits per heavy atom. The second-order valence-corrected chi connectivity index (χ2v) is 3.67. The second-order valence-electron chi connectivity index (χ2n) is 3.67. The largest absolute Gasteiger partial charge is 0.506 e. The zero-order valence-corrected chi connectivity index (χ0v) is 9.91. The number of aromatic hydroxyl groups is 2. The van der Waals surface area contributed by atoms with Crippen LogP contribution < -0.4 is 0 Å². The molecule has 0 bridgehead atoms. The lowest BCUT2D eigenvalue weighted by molar-refractivity contribution is 0.470. The second kappa shape index (κ2) is 4.80. The fourth-order valence-electron chi connectivity index (χ4n) is 1.48. The minimum absolute atomic E-state index is 0.0454. The van der Waals surface area contributed by atoms with Gasteiger partial charge in [0.05, 0.1) is 6.20 Å². The van der Waals surface area contributed by atoms with E-state index in [9.17, 15) is 10.2 Å². The van der Waals surface area contributed by atoms with E-state index < -0.39 is 0 Å². The van der Waals surface area contributed by atoms with E-state index in [0.717, 1.165) is 0 Å². The molecule has 3 rings (SSSR count). The molecule has 98 valence electrons. The summed E-state index contributed by atoms with van der Waals surface area (Å²) in [7, 11) is 0. The zero-order valence-electron chi connectivity index (χ0n) is 9.91. The lowest BCUT2D eigenvalue weighted by atomic mass is 10.3. The maximum Gasteiger partial charge on any atom is 0.225 e. The molecule has 0 saturated heterocycles. The first-order valence-electron chi connectivity index (χ1n) is 5.47. The van der Waals surface area contributed by atoms with Crippen molar-refractivity contribution in [1.82, 2.24) is 35.3 Å². The van der Waals surface area contributed by atoms with Crippen molar-refractivity contribution in [1.29, 1.82) is 0 Å². The molecule has 0 fully saturated rings.